The Morgan fingerprint density at radius 2 is 1.64 bits per heavy atom. The van der Waals surface area contributed by atoms with E-state index in [9.17, 15) is 9.59 Å². The lowest BCUT2D eigenvalue weighted by molar-refractivity contribution is -0.140. The maximum absolute atomic E-state index is 12.3. The molecule has 0 unspecified atom stereocenters. The normalized spacial score (nSPS) is 15.9. The van der Waals surface area contributed by atoms with Crippen molar-refractivity contribution >= 4 is 17.6 Å². The van der Waals surface area contributed by atoms with Crippen LogP contribution in [-0.4, -0.2) is 53.1 Å². The minimum atomic E-state index is -0.388. The molecule has 0 bridgehead atoms. The Morgan fingerprint density at radius 1 is 1.09 bits per heavy atom. The molecule has 0 aromatic carbocycles. The first-order chi connectivity index (χ1) is 10.2. The third kappa shape index (κ3) is 3.40. The maximum atomic E-state index is 12.3. The van der Waals surface area contributed by atoms with Gasteiger partial charge in [0.05, 0.1) is 0 Å². The molecule has 2 rings (SSSR count). The van der Waals surface area contributed by atoms with Gasteiger partial charge in [0.25, 0.3) is 0 Å². The first-order valence-electron chi connectivity index (χ1n) is 7.48. The zero-order chi connectivity index (χ0) is 16.5. The van der Waals surface area contributed by atoms with Crippen LogP contribution in [0.4, 0.5) is 10.5 Å². The van der Waals surface area contributed by atoms with E-state index in [-0.39, 0.29) is 17.4 Å². The Balaban J connectivity index is 1.92. The van der Waals surface area contributed by atoms with Gasteiger partial charge in [-0.2, -0.15) is 0 Å². The highest BCUT2D eigenvalue weighted by Crippen LogP contribution is 2.21. The lowest BCUT2D eigenvalue weighted by atomic mass is 9.94. The van der Waals surface area contributed by atoms with E-state index < -0.39 is 0 Å². The van der Waals surface area contributed by atoms with Crippen molar-refractivity contribution < 1.29 is 14.1 Å². The van der Waals surface area contributed by atoms with Gasteiger partial charge in [-0.3, -0.25) is 4.79 Å². The van der Waals surface area contributed by atoms with Crippen molar-refractivity contribution in [2.45, 2.75) is 34.6 Å². The summed E-state index contributed by atoms with van der Waals surface area (Å²) in [6.45, 7) is 11.4. The summed E-state index contributed by atoms with van der Waals surface area (Å²) in [6.07, 6.45) is 0. The van der Waals surface area contributed by atoms with Gasteiger partial charge in [0.15, 0.2) is 5.76 Å². The SMILES string of the molecule is Cc1noc(C)c1NC(=O)N1CCN(C(=O)C(C)(C)C)CC1. The van der Waals surface area contributed by atoms with E-state index in [0.29, 0.717) is 43.3 Å². The van der Waals surface area contributed by atoms with E-state index >= 15 is 0 Å². The number of aryl methyl sites for hydroxylation is 2. The Hall–Kier alpha value is -2.05. The topological polar surface area (TPSA) is 78.7 Å². The summed E-state index contributed by atoms with van der Waals surface area (Å²) in [5.41, 5.74) is 0.895. The summed E-state index contributed by atoms with van der Waals surface area (Å²) in [6, 6.07) is -0.183. The fourth-order valence-electron chi connectivity index (χ4n) is 2.43. The molecule has 22 heavy (non-hydrogen) atoms. The molecule has 1 aromatic rings. The van der Waals surface area contributed by atoms with Crippen molar-refractivity contribution in [1.82, 2.24) is 15.0 Å². The molecular weight excluding hydrogens is 284 g/mol. The van der Waals surface area contributed by atoms with Crippen molar-refractivity contribution in [2.75, 3.05) is 31.5 Å². The van der Waals surface area contributed by atoms with Gasteiger partial charge in [0.1, 0.15) is 11.4 Å². The van der Waals surface area contributed by atoms with Gasteiger partial charge in [0, 0.05) is 31.6 Å². The number of piperazine rings is 1. The van der Waals surface area contributed by atoms with Crippen LogP contribution in [0, 0.1) is 19.3 Å². The van der Waals surface area contributed by atoms with Crippen LogP contribution in [0.15, 0.2) is 4.52 Å². The molecule has 2 heterocycles. The molecule has 1 N–H and O–H groups in total. The first-order valence-corrected chi connectivity index (χ1v) is 7.48. The van der Waals surface area contributed by atoms with Crippen LogP contribution in [0.1, 0.15) is 32.2 Å². The summed E-state index contributed by atoms with van der Waals surface area (Å²) >= 11 is 0. The maximum Gasteiger partial charge on any atom is 0.322 e. The Morgan fingerprint density at radius 3 is 2.09 bits per heavy atom. The summed E-state index contributed by atoms with van der Waals surface area (Å²) in [5.74, 6) is 0.714. The third-order valence-corrected chi connectivity index (χ3v) is 3.76. The highest BCUT2D eigenvalue weighted by Gasteiger charge is 2.31. The Kier molecular flexibility index (Phi) is 4.44. The van der Waals surface area contributed by atoms with E-state index in [1.807, 2.05) is 25.7 Å². The van der Waals surface area contributed by atoms with Crippen LogP contribution in [0.25, 0.3) is 0 Å². The molecule has 3 amide bonds. The number of hydrogen-bond donors (Lipinski definition) is 1. The number of nitrogens with one attached hydrogen (secondary N) is 1. The number of urea groups is 1. The molecule has 1 saturated heterocycles. The van der Waals surface area contributed by atoms with Crippen LogP contribution < -0.4 is 5.32 Å². The van der Waals surface area contributed by atoms with Crippen molar-refractivity contribution in [1.29, 1.82) is 0 Å². The predicted molar refractivity (Wildman–Crippen MR) is 82.6 cm³/mol. The Labute approximate surface area is 130 Å². The minimum Gasteiger partial charge on any atom is -0.359 e. The fourth-order valence-corrected chi connectivity index (χ4v) is 2.43. The van der Waals surface area contributed by atoms with Crippen LogP contribution in [0.2, 0.25) is 0 Å². The molecule has 0 aliphatic carbocycles. The van der Waals surface area contributed by atoms with Crippen molar-refractivity contribution in [2.24, 2.45) is 5.41 Å². The molecule has 0 saturated carbocycles. The van der Waals surface area contributed by atoms with Gasteiger partial charge in [-0.1, -0.05) is 25.9 Å². The van der Waals surface area contributed by atoms with Gasteiger partial charge in [-0.15, -0.1) is 0 Å². The van der Waals surface area contributed by atoms with E-state index in [1.54, 1.807) is 18.7 Å². The number of carbonyl (C=O) groups excluding carboxylic acids is 2. The number of carbonyl (C=O) groups is 2. The molecule has 1 fully saturated rings. The fraction of sp³-hybridized carbons (Fsp3) is 0.667. The predicted octanol–water partition coefficient (Wildman–Crippen LogP) is 2.01. The second-order valence-electron chi connectivity index (χ2n) is 6.66. The monoisotopic (exact) mass is 308 g/mol. The largest absolute Gasteiger partial charge is 0.359 e. The van der Waals surface area contributed by atoms with Gasteiger partial charge in [0.2, 0.25) is 5.91 Å². The van der Waals surface area contributed by atoms with E-state index in [1.165, 1.54) is 0 Å². The van der Waals surface area contributed by atoms with E-state index in [0.717, 1.165) is 0 Å². The average Bonchev–Trinajstić information content (AvgIpc) is 2.77. The summed E-state index contributed by atoms with van der Waals surface area (Å²) in [5, 5.41) is 6.65. The second kappa shape index (κ2) is 5.98. The van der Waals surface area contributed by atoms with E-state index in [4.69, 9.17) is 4.52 Å². The van der Waals surface area contributed by atoms with Crippen LogP contribution >= 0.6 is 0 Å². The molecule has 122 valence electrons. The highest BCUT2D eigenvalue weighted by molar-refractivity contribution is 5.90. The third-order valence-electron chi connectivity index (χ3n) is 3.76. The number of hydrogen-bond acceptors (Lipinski definition) is 4. The van der Waals surface area contributed by atoms with Crippen LogP contribution in [0.5, 0.6) is 0 Å². The molecule has 0 spiro atoms. The first kappa shape index (κ1) is 16.3. The quantitative estimate of drug-likeness (QED) is 0.861. The van der Waals surface area contributed by atoms with Crippen LogP contribution in [0.3, 0.4) is 0 Å². The van der Waals surface area contributed by atoms with Crippen molar-refractivity contribution in [3.05, 3.63) is 11.5 Å². The van der Waals surface area contributed by atoms with Gasteiger partial charge < -0.3 is 19.6 Å². The molecule has 1 aliphatic rings. The number of amides is 3. The highest BCUT2D eigenvalue weighted by atomic mass is 16.5. The zero-order valence-electron chi connectivity index (χ0n) is 13.9. The summed E-state index contributed by atoms with van der Waals surface area (Å²) < 4.78 is 5.03. The molecular formula is C15H24N4O3. The number of aromatic nitrogens is 1. The average molecular weight is 308 g/mol. The lowest BCUT2D eigenvalue weighted by Gasteiger charge is -2.37. The second-order valence-corrected chi connectivity index (χ2v) is 6.66. The van der Waals surface area contributed by atoms with Crippen molar-refractivity contribution in [3.63, 3.8) is 0 Å². The summed E-state index contributed by atoms with van der Waals surface area (Å²) in [7, 11) is 0. The minimum absolute atomic E-state index is 0.123. The molecule has 0 atom stereocenters. The standard InChI is InChI=1S/C15H24N4O3/c1-10-12(11(2)22-17-10)16-14(21)19-8-6-18(7-9-19)13(20)15(3,4)5/h6-9H2,1-5H3,(H,16,21). The van der Waals surface area contributed by atoms with Gasteiger partial charge in [-0.25, -0.2) is 4.79 Å². The summed E-state index contributed by atoms with van der Waals surface area (Å²) in [4.78, 5) is 28.0. The van der Waals surface area contributed by atoms with Gasteiger partial charge in [-0.05, 0) is 13.8 Å². The zero-order valence-corrected chi connectivity index (χ0v) is 13.9. The van der Waals surface area contributed by atoms with E-state index in [2.05, 4.69) is 10.5 Å². The van der Waals surface area contributed by atoms with Crippen LogP contribution in [-0.2, 0) is 4.79 Å². The van der Waals surface area contributed by atoms with Gasteiger partial charge >= 0.3 is 6.03 Å². The smallest absolute Gasteiger partial charge is 0.322 e. The molecule has 7 heteroatoms. The number of rotatable bonds is 1. The lowest BCUT2D eigenvalue weighted by Crippen LogP contribution is -2.53. The molecule has 1 aromatic heterocycles. The Bertz CT molecular complexity index is 546. The molecule has 0 radical (unpaired) electrons. The molecule has 7 nitrogen and oxygen atoms in total. The van der Waals surface area contributed by atoms with Crippen molar-refractivity contribution in [3.8, 4) is 0 Å². The number of nitrogens with zero attached hydrogens (tertiary/aromatic N) is 3. The molecule has 1 aliphatic heterocycles. The number of anilines is 1.